The molecule has 2 amide bonds. The summed E-state index contributed by atoms with van der Waals surface area (Å²) in [5.74, 6) is 0.565. The third kappa shape index (κ3) is 5.69. The summed E-state index contributed by atoms with van der Waals surface area (Å²) >= 11 is 0. The summed E-state index contributed by atoms with van der Waals surface area (Å²) in [5.41, 5.74) is 1.34. The van der Waals surface area contributed by atoms with Crippen LogP contribution in [0.15, 0.2) is 30.3 Å². The number of hydrogen-bond donors (Lipinski definition) is 1. The molecule has 0 aliphatic carbocycles. The molecule has 2 aliphatic rings. The van der Waals surface area contributed by atoms with E-state index in [9.17, 15) is 4.79 Å². The molecule has 6 heteroatoms. The third-order valence-corrected chi connectivity index (χ3v) is 5.43. The van der Waals surface area contributed by atoms with Gasteiger partial charge in [-0.05, 0) is 24.4 Å². The lowest BCUT2D eigenvalue weighted by atomic mass is 10.1. The molecule has 2 saturated heterocycles. The molecule has 1 unspecified atom stereocenters. The first-order valence-corrected chi connectivity index (χ1v) is 9.75. The Hall–Kier alpha value is -1.63. The van der Waals surface area contributed by atoms with Crippen LogP contribution in [-0.2, 0) is 11.3 Å². The van der Waals surface area contributed by atoms with Crippen LogP contribution < -0.4 is 5.32 Å². The van der Waals surface area contributed by atoms with Crippen LogP contribution in [0.2, 0.25) is 0 Å². The van der Waals surface area contributed by atoms with E-state index in [-0.39, 0.29) is 6.03 Å². The topological polar surface area (TPSA) is 48.1 Å². The number of hydrogen-bond acceptors (Lipinski definition) is 4. The first-order valence-electron chi connectivity index (χ1n) is 9.75. The number of ether oxygens (including phenoxy) is 1. The third-order valence-electron chi connectivity index (χ3n) is 5.43. The Kier molecular flexibility index (Phi) is 7.29. The molecular formula is C20H32N4O2. The van der Waals surface area contributed by atoms with Crippen molar-refractivity contribution < 1.29 is 9.53 Å². The van der Waals surface area contributed by atoms with Gasteiger partial charge in [0.05, 0.1) is 6.61 Å². The molecule has 26 heavy (non-hydrogen) atoms. The fourth-order valence-electron chi connectivity index (χ4n) is 3.80. The molecule has 2 fully saturated rings. The molecule has 0 saturated carbocycles. The maximum Gasteiger partial charge on any atom is 0.317 e. The molecule has 2 heterocycles. The van der Waals surface area contributed by atoms with Crippen LogP contribution in [0.5, 0.6) is 0 Å². The van der Waals surface area contributed by atoms with Gasteiger partial charge in [0.15, 0.2) is 0 Å². The Morgan fingerprint density at radius 1 is 1.12 bits per heavy atom. The summed E-state index contributed by atoms with van der Waals surface area (Å²) in [5, 5.41) is 3.15. The average molecular weight is 361 g/mol. The molecule has 0 bridgehead atoms. The maximum absolute atomic E-state index is 12.4. The van der Waals surface area contributed by atoms with Crippen molar-refractivity contribution in [3.05, 3.63) is 35.9 Å². The SMILES string of the molecule is COCCN1CCC(CNC(=O)N2CCN(Cc3ccccc3)CC2)C1. The van der Waals surface area contributed by atoms with Gasteiger partial charge in [-0.1, -0.05) is 30.3 Å². The van der Waals surface area contributed by atoms with Crippen LogP contribution in [0.25, 0.3) is 0 Å². The van der Waals surface area contributed by atoms with Crippen molar-refractivity contribution in [3.8, 4) is 0 Å². The molecule has 1 aromatic carbocycles. The van der Waals surface area contributed by atoms with Crippen molar-refractivity contribution in [2.45, 2.75) is 13.0 Å². The molecule has 6 nitrogen and oxygen atoms in total. The van der Waals surface area contributed by atoms with Crippen molar-refractivity contribution >= 4 is 6.03 Å². The maximum atomic E-state index is 12.4. The van der Waals surface area contributed by atoms with E-state index < -0.39 is 0 Å². The second kappa shape index (κ2) is 9.90. The number of carbonyl (C=O) groups excluding carboxylic acids is 1. The lowest BCUT2D eigenvalue weighted by Crippen LogP contribution is -2.52. The molecule has 144 valence electrons. The van der Waals surface area contributed by atoms with Crippen LogP contribution in [0.4, 0.5) is 4.79 Å². The van der Waals surface area contributed by atoms with Gasteiger partial charge < -0.3 is 19.9 Å². The molecule has 2 aliphatic heterocycles. The summed E-state index contributed by atoms with van der Waals surface area (Å²) < 4.78 is 5.14. The summed E-state index contributed by atoms with van der Waals surface area (Å²) in [6.07, 6.45) is 1.16. The highest BCUT2D eigenvalue weighted by atomic mass is 16.5. The van der Waals surface area contributed by atoms with Crippen LogP contribution in [0.1, 0.15) is 12.0 Å². The standard InChI is InChI=1S/C20H32N4O2/c1-26-14-13-22-8-7-19(17-22)15-21-20(25)24-11-9-23(10-12-24)16-18-5-3-2-4-6-18/h2-6,19H,7-17H2,1H3,(H,21,25). The first-order chi connectivity index (χ1) is 12.7. The molecule has 0 aromatic heterocycles. The fourth-order valence-corrected chi connectivity index (χ4v) is 3.80. The van der Waals surface area contributed by atoms with Crippen molar-refractivity contribution in [2.24, 2.45) is 5.92 Å². The van der Waals surface area contributed by atoms with E-state index in [2.05, 4.69) is 39.4 Å². The molecule has 1 N–H and O–H groups in total. The number of urea groups is 1. The Labute approximate surface area is 157 Å². The minimum Gasteiger partial charge on any atom is -0.383 e. The second-order valence-electron chi connectivity index (χ2n) is 7.38. The minimum absolute atomic E-state index is 0.0969. The second-order valence-corrected chi connectivity index (χ2v) is 7.38. The first kappa shape index (κ1) is 19.1. The predicted octanol–water partition coefficient (Wildman–Crippen LogP) is 1.48. The Morgan fingerprint density at radius 3 is 2.62 bits per heavy atom. The number of benzene rings is 1. The van der Waals surface area contributed by atoms with Gasteiger partial charge in [0.2, 0.25) is 0 Å². The van der Waals surface area contributed by atoms with E-state index in [0.29, 0.717) is 5.92 Å². The van der Waals surface area contributed by atoms with Crippen molar-refractivity contribution in [3.63, 3.8) is 0 Å². The normalized spacial score (nSPS) is 21.9. The van der Waals surface area contributed by atoms with Crippen LogP contribution >= 0.6 is 0 Å². The largest absolute Gasteiger partial charge is 0.383 e. The van der Waals surface area contributed by atoms with E-state index in [1.165, 1.54) is 5.56 Å². The van der Waals surface area contributed by atoms with Gasteiger partial charge in [0, 0.05) is 59.5 Å². The predicted molar refractivity (Wildman–Crippen MR) is 103 cm³/mol. The summed E-state index contributed by atoms with van der Waals surface area (Å²) in [7, 11) is 1.74. The number of carbonyl (C=O) groups is 1. The van der Waals surface area contributed by atoms with Crippen LogP contribution in [0, 0.1) is 5.92 Å². The van der Waals surface area contributed by atoms with Gasteiger partial charge in [-0.2, -0.15) is 0 Å². The van der Waals surface area contributed by atoms with Gasteiger partial charge in [0.1, 0.15) is 0 Å². The summed E-state index contributed by atoms with van der Waals surface area (Å²) in [4.78, 5) is 19.2. The molecule has 0 spiro atoms. The molecular weight excluding hydrogens is 328 g/mol. The molecule has 1 aromatic rings. The number of rotatable bonds is 7. The Morgan fingerprint density at radius 2 is 1.88 bits per heavy atom. The van der Waals surface area contributed by atoms with E-state index in [1.807, 2.05) is 11.0 Å². The summed E-state index contributed by atoms with van der Waals surface area (Å²) in [6.45, 7) is 9.20. The number of likely N-dealkylation sites (tertiary alicyclic amines) is 1. The highest BCUT2D eigenvalue weighted by Gasteiger charge is 2.25. The zero-order chi connectivity index (χ0) is 18.2. The molecule has 3 rings (SSSR count). The Balaban J connectivity index is 1.33. The average Bonchev–Trinajstić information content (AvgIpc) is 3.14. The quantitative estimate of drug-likeness (QED) is 0.800. The smallest absolute Gasteiger partial charge is 0.317 e. The fraction of sp³-hybridized carbons (Fsp3) is 0.650. The van der Waals surface area contributed by atoms with Gasteiger partial charge in [0.25, 0.3) is 0 Å². The van der Waals surface area contributed by atoms with E-state index >= 15 is 0 Å². The zero-order valence-electron chi connectivity index (χ0n) is 15.9. The van der Waals surface area contributed by atoms with Gasteiger partial charge in [-0.3, -0.25) is 4.90 Å². The van der Waals surface area contributed by atoms with Gasteiger partial charge in [-0.15, -0.1) is 0 Å². The summed E-state index contributed by atoms with van der Waals surface area (Å²) in [6, 6.07) is 10.6. The monoisotopic (exact) mass is 360 g/mol. The van der Waals surface area contributed by atoms with Crippen LogP contribution in [0.3, 0.4) is 0 Å². The number of nitrogens with one attached hydrogen (secondary N) is 1. The number of methoxy groups -OCH3 is 1. The van der Waals surface area contributed by atoms with Gasteiger partial charge in [-0.25, -0.2) is 4.79 Å². The lowest BCUT2D eigenvalue weighted by molar-refractivity contribution is 0.134. The zero-order valence-corrected chi connectivity index (χ0v) is 15.9. The van der Waals surface area contributed by atoms with Gasteiger partial charge >= 0.3 is 6.03 Å². The van der Waals surface area contributed by atoms with E-state index in [1.54, 1.807) is 7.11 Å². The number of amides is 2. The van der Waals surface area contributed by atoms with Crippen molar-refractivity contribution in [1.29, 1.82) is 0 Å². The van der Waals surface area contributed by atoms with Crippen molar-refractivity contribution in [1.82, 2.24) is 20.0 Å². The van der Waals surface area contributed by atoms with Crippen LogP contribution in [-0.4, -0.2) is 86.8 Å². The Bertz CT molecular complexity index is 546. The molecule has 0 radical (unpaired) electrons. The highest BCUT2D eigenvalue weighted by Crippen LogP contribution is 2.15. The number of nitrogens with zero attached hydrogens (tertiary/aromatic N) is 3. The lowest BCUT2D eigenvalue weighted by Gasteiger charge is -2.35. The minimum atomic E-state index is 0.0969. The van der Waals surface area contributed by atoms with E-state index in [0.717, 1.165) is 71.9 Å². The molecule has 1 atom stereocenters. The van der Waals surface area contributed by atoms with Crippen molar-refractivity contribution in [2.75, 3.05) is 66.1 Å². The van der Waals surface area contributed by atoms with E-state index in [4.69, 9.17) is 4.74 Å². The number of piperazine rings is 1. The highest BCUT2D eigenvalue weighted by molar-refractivity contribution is 5.74.